The number of likely N-dealkylation sites (tertiary alicyclic amines) is 2. The predicted octanol–water partition coefficient (Wildman–Crippen LogP) is 5.57. The summed E-state index contributed by atoms with van der Waals surface area (Å²) in [5.41, 5.74) is 7.22. The first-order valence-electron chi connectivity index (χ1n) is 21.8. The molecule has 2 aromatic carbocycles. The Bertz CT molecular complexity index is 2600. The van der Waals surface area contributed by atoms with E-state index in [2.05, 4.69) is 65.1 Å². The summed E-state index contributed by atoms with van der Waals surface area (Å²) in [6.07, 6.45) is 3.59. The maximum atomic E-state index is 14.2. The lowest BCUT2D eigenvalue weighted by Crippen LogP contribution is -2.58. The molecule has 0 bridgehead atoms. The minimum absolute atomic E-state index is 0.00173. The van der Waals surface area contributed by atoms with Crippen molar-refractivity contribution in [1.82, 2.24) is 35.4 Å². The number of halogens is 1. The molecule has 5 aromatic rings. The molecule has 1 unspecified atom stereocenters. The van der Waals surface area contributed by atoms with Gasteiger partial charge in [-0.3, -0.25) is 19.3 Å². The Balaban J connectivity index is 0.877. The second-order valence-corrected chi connectivity index (χ2v) is 18.6. The molecule has 5 amide bonds. The number of urea groups is 1. The number of benzene rings is 2. The van der Waals surface area contributed by atoms with Gasteiger partial charge in [0.1, 0.15) is 17.8 Å². The highest BCUT2D eigenvalue weighted by Crippen LogP contribution is 2.30. The van der Waals surface area contributed by atoms with E-state index in [0.29, 0.717) is 30.4 Å². The number of carbonyl (C=O) groups excluding carboxylic acids is 4. The number of anilines is 2. The summed E-state index contributed by atoms with van der Waals surface area (Å²) in [6.45, 7) is 8.94. The van der Waals surface area contributed by atoms with Crippen LogP contribution in [0.4, 0.5) is 20.6 Å². The van der Waals surface area contributed by atoms with Crippen LogP contribution in [0.15, 0.2) is 84.6 Å². The summed E-state index contributed by atoms with van der Waals surface area (Å²) < 4.78 is 13.6. The Morgan fingerprint density at radius 3 is 2.38 bits per heavy atom. The van der Waals surface area contributed by atoms with Gasteiger partial charge in [0.15, 0.2) is 0 Å². The van der Waals surface area contributed by atoms with Crippen LogP contribution in [0.3, 0.4) is 0 Å². The number of pyridine rings is 2. The van der Waals surface area contributed by atoms with Crippen LogP contribution in [0.25, 0.3) is 10.4 Å². The molecule has 0 radical (unpaired) electrons. The van der Waals surface area contributed by atoms with Gasteiger partial charge in [-0.05, 0) is 91.1 Å². The lowest BCUT2D eigenvalue weighted by molar-refractivity contribution is -0.144. The minimum Gasteiger partial charge on any atom is -0.392 e. The SMILES string of the molecule is Cc1ncsc1-c1ccc(CNC(=O)[C@@H]2C[C@@H](O)CN2C(=O)C(NC(=O)CN2CCC(c3ccc(C#Cc4cc(NC(=O)Nc5cc(F)ncc5CO)ccn4)cc3)CC2)C(C)(C)C)cc1. The quantitative estimate of drug-likeness (QED) is 0.0679. The van der Waals surface area contributed by atoms with Crippen molar-refractivity contribution in [2.45, 2.75) is 84.2 Å². The fraction of sp³-hybridized carbons (Fsp3) is 0.367. The van der Waals surface area contributed by atoms with E-state index in [9.17, 15) is 33.8 Å². The predicted molar refractivity (Wildman–Crippen MR) is 249 cm³/mol. The molecule has 3 atom stereocenters. The number of carbonyl (C=O) groups is 4. The summed E-state index contributed by atoms with van der Waals surface area (Å²) in [5, 5.41) is 31.2. The Morgan fingerprint density at radius 1 is 0.955 bits per heavy atom. The van der Waals surface area contributed by atoms with Gasteiger partial charge in [-0.2, -0.15) is 4.39 Å². The molecular weight excluding hydrogens is 862 g/mol. The van der Waals surface area contributed by atoms with Gasteiger partial charge in [-0.25, -0.2) is 19.7 Å². The first kappa shape index (κ1) is 47.4. The molecule has 0 saturated carbocycles. The number of hydrogen-bond donors (Lipinski definition) is 6. The van der Waals surface area contributed by atoms with Gasteiger partial charge in [0, 0.05) is 54.8 Å². The summed E-state index contributed by atoms with van der Waals surface area (Å²) in [7, 11) is 0. The number of aliphatic hydroxyl groups is 2. The zero-order valence-electron chi connectivity index (χ0n) is 37.3. The van der Waals surface area contributed by atoms with E-state index in [1.165, 1.54) is 16.7 Å². The minimum atomic E-state index is -0.914. The summed E-state index contributed by atoms with van der Waals surface area (Å²) in [4.78, 5) is 70.5. The number of aliphatic hydroxyl groups excluding tert-OH is 2. The molecule has 344 valence electrons. The molecule has 2 saturated heterocycles. The summed E-state index contributed by atoms with van der Waals surface area (Å²) in [5.74, 6) is 4.60. The summed E-state index contributed by atoms with van der Waals surface area (Å²) in [6, 6.07) is 17.7. The van der Waals surface area contributed by atoms with Crippen molar-refractivity contribution in [3.8, 4) is 22.3 Å². The Morgan fingerprint density at radius 2 is 1.70 bits per heavy atom. The van der Waals surface area contributed by atoms with Crippen LogP contribution in [-0.4, -0.2) is 103 Å². The number of aromatic nitrogens is 3. The molecule has 0 spiro atoms. The van der Waals surface area contributed by atoms with Crippen LogP contribution in [0, 0.1) is 30.1 Å². The van der Waals surface area contributed by atoms with Crippen molar-refractivity contribution in [2.75, 3.05) is 36.8 Å². The molecule has 2 aliphatic rings. The molecule has 66 heavy (non-hydrogen) atoms. The smallest absolute Gasteiger partial charge is 0.323 e. The highest BCUT2D eigenvalue weighted by Gasteiger charge is 2.44. The van der Waals surface area contributed by atoms with Crippen LogP contribution < -0.4 is 21.3 Å². The van der Waals surface area contributed by atoms with Gasteiger partial charge < -0.3 is 36.4 Å². The third-order valence-corrected chi connectivity index (χ3v) is 12.8. The standard InChI is InChI=1S/C49H54FN9O6S/c1-30-44(66-29-54-30)35-12-7-32(8-13-35)24-53-46(63)41-22-39(61)26-59(41)47(64)45(49(2,3)4)57-43(62)27-58-19-16-34(17-20-58)33-10-5-31(6-11-33)9-14-37-21-38(15-18-51-37)55-48(65)56-40-23-42(50)52-25-36(40)28-60/h5-8,10-13,15,18,21,23,25,29,34,39,41,45,60-61H,16-17,19-20,22,24,26-28H2,1-4H3,(H,53,63)(H,57,62)(H2,51,52,55,56,65)/t39-,41+,45?/m1/s1. The van der Waals surface area contributed by atoms with E-state index >= 15 is 0 Å². The molecular formula is C49H54FN9O6S. The van der Waals surface area contributed by atoms with Gasteiger partial charge in [-0.1, -0.05) is 63.1 Å². The number of rotatable bonds is 12. The Hall–Kier alpha value is -6.58. The lowest BCUT2D eigenvalue weighted by Gasteiger charge is -2.36. The molecule has 3 aromatic heterocycles. The Kier molecular flexibility index (Phi) is 15.2. The highest BCUT2D eigenvalue weighted by molar-refractivity contribution is 7.13. The number of β-amino-alcohol motifs (C(OH)–C–C–N with tert-alkyl or cyclic N) is 1. The van der Waals surface area contributed by atoms with Gasteiger partial charge in [0.2, 0.25) is 23.7 Å². The number of nitrogens with zero attached hydrogens (tertiary/aromatic N) is 5. The van der Waals surface area contributed by atoms with Crippen LogP contribution in [0.1, 0.15) is 79.6 Å². The zero-order chi connectivity index (χ0) is 47.0. The van der Waals surface area contributed by atoms with Gasteiger partial charge in [0.25, 0.3) is 0 Å². The van der Waals surface area contributed by atoms with Crippen molar-refractivity contribution < 1.29 is 33.8 Å². The molecule has 15 nitrogen and oxygen atoms in total. The molecule has 2 aliphatic heterocycles. The number of piperidine rings is 1. The first-order valence-corrected chi connectivity index (χ1v) is 22.7. The maximum absolute atomic E-state index is 14.2. The molecule has 5 heterocycles. The molecule has 7 rings (SSSR count). The topological polar surface area (TPSA) is 202 Å². The van der Waals surface area contributed by atoms with Crippen LogP contribution >= 0.6 is 11.3 Å². The summed E-state index contributed by atoms with van der Waals surface area (Å²) >= 11 is 1.57. The molecule has 0 aliphatic carbocycles. The van der Waals surface area contributed by atoms with E-state index < -0.39 is 48.1 Å². The molecule has 6 N–H and O–H groups in total. The van der Waals surface area contributed by atoms with Crippen molar-refractivity contribution >= 4 is 46.5 Å². The monoisotopic (exact) mass is 915 g/mol. The van der Waals surface area contributed by atoms with Crippen molar-refractivity contribution in [3.63, 3.8) is 0 Å². The van der Waals surface area contributed by atoms with Crippen molar-refractivity contribution in [1.29, 1.82) is 0 Å². The van der Waals surface area contributed by atoms with Crippen LogP contribution in [0.5, 0.6) is 0 Å². The lowest BCUT2D eigenvalue weighted by atomic mass is 9.85. The van der Waals surface area contributed by atoms with E-state index in [1.807, 2.05) is 69.6 Å². The Labute approximate surface area is 387 Å². The van der Waals surface area contributed by atoms with Gasteiger partial charge in [0.05, 0.1) is 41.0 Å². The van der Waals surface area contributed by atoms with Crippen LogP contribution in [-0.2, 0) is 27.5 Å². The van der Waals surface area contributed by atoms with Gasteiger partial charge in [-0.15, -0.1) is 11.3 Å². The second-order valence-electron chi connectivity index (χ2n) is 17.7. The first-order chi connectivity index (χ1) is 31.6. The van der Waals surface area contributed by atoms with E-state index in [1.54, 1.807) is 23.5 Å². The number of thiazole rings is 1. The number of aryl methyl sites for hydroxylation is 1. The molecule has 2 fully saturated rings. The van der Waals surface area contributed by atoms with E-state index in [0.717, 1.165) is 52.4 Å². The zero-order valence-corrected chi connectivity index (χ0v) is 38.1. The van der Waals surface area contributed by atoms with Crippen molar-refractivity contribution in [3.05, 3.63) is 124 Å². The normalized spacial score (nSPS) is 17.0. The number of hydrogen-bond acceptors (Lipinski definition) is 11. The molecule has 17 heteroatoms. The number of amides is 5. The third-order valence-electron chi connectivity index (χ3n) is 11.8. The second kappa shape index (κ2) is 21.2. The fourth-order valence-corrected chi connectivity index (χ4v) is 8.96. The van der Waals surface area contributed by atoms with Crippen molar-refractivity contribution in [2.24, 2.45) is 5.41 Å². The van der Waals surface area contributed by atoms with E-state index in [4.69, 9.17) is 0 Å². The van der Waals surface area contributed by atoms with E-state index in [-0.39, 0.29) is 49.1 Å². The van der Waals surface area contributed by atoms with Gasteiger partial charge >= 0.3 is 6.03 Å². The largest absolute Gasteiger partial charge is 0.392 e. The third kappa shape index (κ3) is 12.2. The van der Waals surface area contributed by atoms with Crippen LogP contribution in [0.2, 0.25) is 0 Å². The fourth-order valence-electron chi connectivity index (χ4n) is 8.15. The average Bonchev–Trinajstić information content (AvgIpc) is 3.92. The number of nitrogens with one attached hydrogen (secondary N) is 4. The average molecular weight is 916 g/mol. The maximum Gasteiger partial charge on any atom is 0.323 e. The highest BCUT2D eigenvalue weighted by atomic mass is 32.1.